The first kappa shape index (κ1) is 17.3. The quantitative estimate of drug-likeness (QED) is 0.717. The first-order valence-electron chi connectivity index (χ1n) is 6.88. The molecule has 0 saturated heterocycles. The van der Waals surface area contributed by atoms with Gasteiger partial charge >= 0.3 is 6.61 Å². The molecular weight excluding hydrogens is 374 g/mol. The molecule has 1 heterocycles. The Morgan fingerprint density at radius 2 is 2.18 bits per heavy atom. The fraction of sp³-hybridized carbons (Fsp3) is 0.400. The summed E-state index contributed by atoms with van der Waals surface area (Å²) in [6.07, 6.45) is 0.867. The highest BCUT2D eigenvalue weighted by Crippen LogP contribution is 2.27. The van der Waals surface area contributed by atoms with Crippen molar-refractivity contribution in [1.82, 2.24) is 10.3 Å². The summed E-state index contributed by atoms with van der Waals surface area (Å²) in [5, 5.41) is 6.37. The number of ether oxygens (including phenoxy) is 1. The Bertz CT molecular complexity index is 621. The number of nitrogens with zero attached hydrogens (tertiary/aromatic N) is 1. The summed E-state index contributed by atoms with van der Waals surface area (Å²) < 4.78 is 30.3. The monoisotopic (exact) mass is 390 g/mol. The van der Waals surface area contributed by atoms with Crippen LogP contribution in [0.4, 0.5) is 8.78 Å². The smallest absolute Gasteiger partial charge is 0.387 e. The molecule has 0 aliphatic rings. The van der Waals surface area contributed by atoms with Gasteiger partial charge in [0, 0.05) is 27.7 Å². The standard InChI is InChI=1S/C15H17BrF2N2OS/c1-3-12(14-20-9(2)8-22-14)19-7-10-6-11(16)4-5-13(10)21-15(17)18/h4-6,8,12,15,19H,3,7H2,1-2H3. The lowest BCUT2D eigenvalue weighted by molar-refractivity contribution is -0.0505. The average Bonchev–Trinajstić information content (AvgIpc) is 2.88. The molecule has 1 atom stereocenters. The molecule has 1 aromatic carbocycles. The van der Waals surface area contributed by atoms with Crippen molar-refractivity contribution in [2.75, 3.05) is 0 Å². The Hall–Kier alpha value is -1.05. The van der Waals surface area contributed by atoms with Crippen molar-refractivity contribution in [3.63, 3.8) is 0 Å². The van der Waals surface area contributed by atoms with E-state index < -0.39 is 6.61 Å². The van der Waals surface area contributed by atoms with Crippen molar-refractivity contribution in [3.05, 3.63) is 44.3 Å². The number of rotatable bonds is 7. The normalized spacial score (nSPS) is 12.6. The summed E-state index contributed by atoms with van der Waals surface area (Å²) in [5.41, 5.74) is 1.67. The Labute approximate surface area is 140 Å². The highest BCUT2D eigenvalue weighted by atomic mass is 79.9. The zero-order valence-electron chi connectivity index (χ0n) is 12.3. The minimum absolute atomic E-state index is 0.0945. The summed E-state index contributed by atoms with van der Waals surface area (Å²) in [7, 11) is 0. The molecule has 0 bridgehead atoms. The van der Waals surface area contributed by atoms with E-state index in [0.717, 1.165) is 21.6 Å². The molecule has 2 rings (SSSR count). The second kappa shape index (κ2) is 7.99. The van der Waals surface area contributed by atoms with E-state index in [-0.39, 0.29) is 11.8 Å². The van der Waals surface area contributed by atoms with Crippen LogP contribution in [0.1, 0.15) is 35.7 Å². The minimum atomic E-state index is -2.83. The Kier molecular flexibility index (Phi) is 6.28. The van der Waals surface area contributed by atoms with Crippen LogP contribution in [-0.4, -0.2) is 11.6 Å². The number of hydrogen-bond acceptors (Lipinski definition) is 4. The molecule has 1 unspecified atom stereocenters. The number of hydrogen-bond donors (Lipinski definition) is 1. The number of nitrogens with one attached hydrogen (secondary N) is 1. The van der Waals surface area contributed by atoms with Gasteiger partial charge in [0.2, 0.25) is 0 Å². The molecule has 0 aliphatic carbocycles. The van der Waals surface area contributed by atoms with E-state index in [1.807, 2.05) is 12.3 Å². The Balaban J connectivity index is 2.10. The average molecular weight is 391 g/mol. The van der Waals surface area contributed by atoms with Crippen LogP contribution in [-0.2, 0) is 6.54 Å². The van der Waals surface area contributed by atoms with Gasteiger partial charge in [0.05, 0.1) is 6.04 Å². The van der Waals surface area contributed by atoms with Crippen molar-refractivity contribution in [1.29, 1.82) is 0 Å². The fourth-order valence-corrected chi connectivity index (χ4v) is 3.43. The zero-order valence-corrected chi connectivity index (χ0v) is 14.7. The molecule has 22 heavy (non-hydrogen) atoms. The molecule has 0 saturated carbocycles. The lowest BCUT2D eigenvalue weighted by Gasteiger charge is -2.17. The van der Waals surface area contributed by atoms with E-state index in [0.29, 0.717) is 12.1 Å². The van der Waals surface area contributed by atoms with E-state index in [1.165, 1.54) is 0 Å². The maximum atomic E-state index is 12.5. The maximum Gasteiger partial charge on any atom is 0.387 e. The molecule has 0 aliphatic heterocycles. The summed E-state index contributed by atoms with van der Waals surface area (Å²) >= 11 is 4.96. The minimum Gasteiger partial charge on any atom is -0.434 e. The van der Waals surface area contributed by atoms with Gasteiger partial charge < -0.3 is 10.1 Å². The van der Waals surface area contributed by atoms with E-state index in [2.05, 4.69) is 37.9 Å². The lowest BCUT2D eigenvalue weighted by Crippen LogP contribution is -2.21. The largest absolute Gasteiger partial charge is 0.434 e. The molecule has 2 aromatic rings. The van der Waals surface area contributed by atoms with Gasteiger partial charge in [-0.25, -0.2) is 4.98 Å². The van der Waals surface area contributed by atoms with Crippen LogP contribution in [0.25, 0.3) is 0 Å². The van der Waals surface area contributed by atoms with Gasteiger partial charge in [-0.3, -0.25) is 0 Å². The summed E-state index contributed by atoms with van der Waals surface area (Å²) in [5.74, 6) is 0.191. The van der Waals surface area contributed by atoms with E-state index in [9.17, 15) is 8.78 Å². The number of alkyl halides is 2. The second-order valence-corrected chi connectivity index (χ2v) is 6.60. The summed E-state index contributed by atoms with van der Waals surface area (Å²) in [6.45, 7) is 1.61. The molecule has 120 valence electrons. The number of aryl methyl sites for hydroxylation is 1. The van der Waals surface area contributed by atoms with Crippen LogP contribution in [0.15, 0.2) is 28.1 Å². The third-order valence-electron chi connectivity index (χ3n) is 3.12. The van der Waals surface area contributed by atoms with Crippen molar-refractivity contribution < 1.29 is 13.5 Å². The van der Waals surface area contributed by atoms with Gasteiger partial charge in [0.1, 0.15) is 10.8 Å². The second-order valence-electron chi connectivity index (χ2n) is 4.80. The molecular formula is C15H17BrF2N2OS. The summed E-state index contributed by atoms with van der Waals surface area (Å²) in [4.78, 5) is 4.48. The van der Waals surface area contributed by atoms with Gasteiger partial charge in [-0.2, -0.15) is 8.78 Å². The zero-order chi connectivity index (χ0) is 16.1. The fourth-order valence-electron chi connectivity index (χ4n) is 2.07. The van der Waals surface area contributed by atoms with Crippen molar-refractivity contribution >= 4 is 27.3 Å². The molecule has 7 heteroatoms. The first-order chi connectivity index (χ1) is 10.5. The molecule has 1 aromatic heterocycles. The number of halogens is 3. The molecule has 0 fully saturated rings. The van der Waals surface area contributed by atoms with Crippen LogP contribution in [0, 0.1) is 6.92 Å². The number of thiazole rings is 1. The number of benzene rings is 1. The van der Waals surface area contributed by atoms with E-state index in [1.54, 1.807) is 29.5 Å². The molecule has 0 spiro atoms. The van der Waals surface area contributed by atoms with Crippen molar-refractivity contribution in [3.8, 4) is 5.75 Å². The SMILES string of the molecule is CCC(NCc1cc(Br)ccc1OC(F)F)c1nc(C)cs1. The summed E-state index contributed by atoms with van der Waals surface area (Å²) in [6, 6.07) is 5.10. The van der Waals surface area contributed by atoms with Gasteiger partial charge in [-0.05, 0) is 31.5 Å². The lowest BCUT2D eigenvalue weighted by atomic mass is 10.1. The van der Waals surface area contributed by atoms with Crippen LogP contribution in [0.2, 0.25) is 0 Å². The van der Waals surface area contributed by atoms with Crippen LogP contribution in [0.3, 0.4) is 0 Å². The highest BCUT2D eigenvalue weighted by Gasteiger charge is 2.15. The van der Waals surface area contributed by atoms with Crippen molar-refractivity contribution in [2.45, 2.75) is 39.5 Å². The third kappa shape index (κ3) is 4.72. The van der Waals surface area contributed by atoms with Gasteiger partial charge in [0.15, 0.2) is 0 Å². The van der Waals surface area contributed by atoms with Gasteiger partial charge in [0.25, 0.3) is 0 Å². The van der Waals surface area contributed by atoms with E-state index in [4.69, 9.17) is 0 Å². The molecule has 1 N–H and O–H groups in total. The van der Waals surface area contributed by atoms with Gasteiger partial charge in [-0.15, -0.1) is 11.3 Å². The van der Waals surface area contributed by atoms with E-state index >= 15 is 0 Å². The Morgan fingerprint density at radius 3 is 2.77 bits per heavy atom. The van der Waals surface area contributed by atoms with Gasteiger partial charge in [-0.1, -0.05) is 22.9 Å². The topological polar surface area (TPSA) is 34.1 Å². The third-order valence-corrected chi connectivity index (χ3v) is 4.69. The maximum absolute atomic E-state index is 12.5. The van der Waals surface area contributed by atoms with Crippen LogP contribution < -0.4 is 10.1 Å². The number of aromatic nitrogens is 1. The molecule has 0 amide bonds. The van der Waals surface area contributed by atoms with Crippen LogP contribution >= 0.6 is 27.3 Å². The predicted molar refractivity (Wildman–Crippen MR) is 87.5 cm³/mol. The Morgan fingerprint density at radius 1 is 1.41 bits per heavy atom. The molecule has 0 radical (unpaired) electrons. The first-order valence-corrected chi connectivity index (χ1v) is 8.55. The molecule has 3 nitrogen and oxygen atoms in total. The van der Waals surface area contributed by atoms with Crippen LogP contribution in [0.5, 0.6) is 5.75 Å². The van der Waals surface area contributed by atoms with Crippen molar-refractivity contribution in [2.24, 2.45) is 0 Å². The highest BCUT2D eigenvalue weighted by molar-refractivity contribution is 9.10. The predicted octanol–water partition coefficient (Wildman–Crippen LogP) is 5.06.